The molecule has 0 fully saturated rings. The molecule has 0 radical (unpaired) electrons. The maximum atomic E-state index is 13.0. The number of aromatic nitrogens is 2. The van der Waals surface area contributed by atoms with E-state index in [9.17, 15) is 4.39 Å². The van der Waals surface area contributed by atoms with E-state index in [4.69, 9.17) is 9.47 Å². The third kappa shape index (κ3) is 3.03. The van der Waals surface area contributed by atoms with Gasteiger partial charge in [0.15, 0.2) is 11.6 Å². The molecular weight excluding hydrogens is 283 g/mol. The molecule has 0 aliphatic heterocycles. The number of hydrogen-bond donors (Lipinski definition) is 0. The molecule has 4 nitrogen and oxygen atoms in total. The standard InChI is InChI=1S/C17H13FN2O2/c1-21-15-11-19-16(12-5-3-2-4-6-12)20-17(15)22-14-9-7-13(18)8-10-14/h2-11H,1H3. The number of nitrogens with zero attached hydrogens (tertiary/aromatic N) is 2. The van der Waals surface area contributed by atoms with Crippen molar-refractivity contribution in [3.8, 4) is 28.8 Å². The Balaban J connectivity index is 1.96. The number of halogens is 1. The van der Waals surface area contributed by atoms with Crippen molar-refractivity contribution >= 4 is 0 Å². The summed E-state index contributed by atoms with van der Waals surface area (Å²) in [5.41, 5.74) is 0.870. The smallest absolute Gasteiger partial charge is 0.266 e. The molecule has 22 heavy (non-hydrogen) atoms. The summed E-state index contributed by atoms with van der Waals surface area (Å²) in [7, 11) is 1.51. The number of hydrogen-bond acceptors (Lipinski definition) is 4. The quantitative estimate of drug-likeness (QED) is 0.727. The van der Waals surface area contributed by atoms with E-state index in [1.165, 1.54) is 31.4 Å². The molecular formula is C17H13FN2O2. The average Bonchev–Trinajstić information content (AvgIpc) is 2.58. The van der Waals surface area contributed by atoms with Gasteiger partial charge in [0.25, 0.3) is 5.88 Å². The second-order valence-corrected chi connectivity index (χ2v) is 4.49. The number of benzene rings is 2. The van der Waals surface area contributed by atoms with Gasteiger partial charge in [0, 0.05) is 5.56 Å². The third-order valence-electron chi connectivity index (χ3n) is 3.00. The van der Waals surface area contributed by atoms with E-state index in [-0.39, 0.29) is 11.7 Å². The first kappa shape index (κ1) is 14.0. The molecule has 5 heteroatoms. The summed E-state index contributed by atoms with van der Waals surface area (Å²) in [4.78, 5) is 8.64. The van der Waals surface area contributed by atoms with E-state index in [0.29, 0.717) is 17.3 Å². The van der Waals surface area contributed by atoms with E-state index < -0.39 is 0 Å². The van der Waals surface area contributed by atoms with Crippen molar-refractivity contribution in [2.24, 2.45) is 0 Å². The molecule has 0 atom stereocenters. The molecule has 3 aromatic rings. The van der Waals surface area contributed by atoms with Crippen molar-refractivity contribution in [1.29, 1.82) is 0 Å². The summed E-state index contributed by atoms with van der Waals surface area (Å²) < 4.78 is 23.8. The number of rotatable bonds is 4. The minimum absolute atomic E-state index is 0.281. The fraction of sp³-hybridized carbons (Fsp3) is 0.0588. The molecule has 110 valence electrons. The minimum atomic E-state index is -0.327. The van der Waals surface area contributed by atoms with E-state index in [0.717, 1.165) is 5.56 Å². The zero-order valence-electron chi connectivity index (χ0n) is 11.9. The lowest BCUT2D eigenvalue weighted by atomic mass is 10.2. The van der Waals surface area contributed by atoms with Crippen LogP contribution in [0.25, 0.3) is 11.4 Å². The maximum Gasteiger partial charge on any atom is 0.266 e. The second-order valence-electron chi connectivity index (χ2n) is 4.49. The van der Waals surface area contributed by atoms with Crippen LogP contribution in [-0.4, -0.2) is 17.1 Å². The Morgan fingerprint density at radius 1 is 0.955 bits per heavy atom. The Labute approximate surface area is 127 Å². The average molecular weight is 296 g/mol. The predicted molar refractivity (Wildman–Crippen MR) is 80.5 cm³/mol. The monoisotopic (exact) mass is 296 g/mol. The van der Waals surface area contributed by atoms with Gasteiger partial charge in [-0.05, 0) is 24.3 Å². The van der Waals surface area contributed by atoms with E-state index in [2.05, 4.69) is 9.97 Å². The summed E-state index contributed by atoms with van der Waals surface area (Å²) >= 11 is 0. The van der Waals surface area contributed by atoms with Crippen LogP contribution in [0, 0.1) is 5.82 Å². The number of ether oxygens (including phenoxy) is 2. The van der Waals surface area contributed by atoms with Crippen LogP contribution in [0.15, 0.2) is 60.8 Å². The van der Waals surface area contributed by atoms with Crippen molar-refractivity contribution in [2.75, 3.05) is 7.11 Å². The van der Waals surface area contributed by atoms with Crippen molar-refractivity contribution < 1.29 is 13.9 Å². The molecule has 2 aromatic carbocycles. The highest BCUT2D eigenvalue weighted by Gasteiger charge is 2.11. The van der Waals surface area contributed by atoms with Crippen LogP contribution in [0.2, 0.25) is 0 Å². The van der Waals surface area contributed by atoms with Crippen molar-refractivity contribution in [3.05, 3.63) is 66.6 Å². The lowest BCUT2D eigenvalue weighted by Gasteiger charge is -2.10. The molecule has 3 rings (SSSR count). The van der Waals surface area contributed by atoms with E-state index >= 15 is 0 Å². The van der Waals surface area contributed by atoms with Gasteiger partial charge in [0.05, 0.1) is 13.3 Å². The lowest BCUT2D eigenvalue weighted by molar-refractivity contribution is 0.367. The molecule has 0 amide bonds. The molecule has 0 unspecified atom stereocenters. The Bertz CT molecular complexity index is 761. The van der Waals surface area contributed by atoms with Crippen LogP contribution in [0.4, 0.5) is 4.39 Å². The zero-order valence-corrected chi connectivity index (χ0v) is 11.9. The summed E-state index contributed by atoms with van der Waals surface area (Å²) in [5, 5.41) is 0. The van der Waals surface area contributed by atoms with E-state index in [1.807, 2.05) is 30.3 Å². The molecule has 0 saturated carbocycles. The summed E-state index contributed by atoms with van der Waals surface area (Å²) in [6.45, 7) is 0. The van der Waals surface area contributed by atoms with Crippen LogP contribution in [0.3, 0.4) is 0 Å². The number of methoxy groups -OCH3 is 1. The van der Waals surface area contributed by atoms with Crippen molar-refractivity contribution in [1.82, 2.24) is 9.97 Å². The maximum absolute atomic E-state index is 13.0. The van der Waals surface area contributed by atoms with Crippen LogP contribution in [0.5, 0.6) is 17.4 Å². The van der Waals surface area contributed by atoms with Gasteiger partial charge in [0.1, 0.15) is 11.6 Å². The fourth-order valence-corrected chi connectivity index (χ4v) is 1.91. The molecule has 0 N–H and O–H groups in total. The molecule has 0 bridgehead atoms. The first-order valence-electron chi connectivity index (χ1n) is 6.66. The van der Waals surface area contributed by atoms with Gasteiger partial charge in [-0.25, -0.2) is 9.37 Å². The van der Waals surface area contributed by atoms with Crippen molar-refractivity contribution in [3.63, 3.8) is 0 Å². The normalized spacial score (nSPS) is 10.3. The topological polar surface area (TPSA) is 44.2 Å². The van der Waals surface area contributed by atoms with Crippen LogP contribution < -0.4 is 9.47 Å². The van der Waals surface area contributed by atoms with Gasteiger partial charge in [-0.1, -0.05) is 30.3 Å². The van der Waals surface area contributed by atoms with Gasteiger partial charge in [0.2, 0.25) is 0 Å². The highest BCUT2D eigenvalue weighted by molar-refractivity contribution is 5.56. The summed E-state index contributed by atoms with van der Waals surface area (Å²) in [6.07, 6.45) is 1.55. The van der Waals surface area contributed by atoms with Crippen LogP contribution >= 0.6 is 0 Å². The highest BCUT2D eigenvalue weighted by Crippen LogP contribution is 2.30. The third-order valence-corrected chi connectivity index (χ3v) is 3.00. The zero-order chi connectivity index (χ0) is 15.4. The summed E-state index contributed by atoms with van der Waals surface area (Å²) in [6, 6.07) is 15.2. The minimum Gasteiger partial charge on any atom is -0.490 e. The Kier molecular flexibility index (Phi) is 3.96. The Morgan fingerprint density at radius 2 is 1.68 bits per heavy atom. The van der Waals surface area contributed by atoms with Gasteiger partial charge < -0.3 is 9.47 Å². The second kappa shape index (κ2) is 6.22. The molecule has 0 spiro atoms. The Hall–Kier alpha value is -2.95. The van der Waals surface area contributed by atoms with Crippen LogP contribution in [0.1, 0.15) is 0 Å². The SMILES string of the molecule is COc1cnc(-c2ccccc2)nc1Oc1ccc(F)cc1. The largest absolute Gasteiger partial charge is 0.490 e. The van der Waals surface area contributed by atoms with E-state index in [1.54, 1.807) is 6.20 Å². The molecule has 0 aliphatic rings. The summed E-state index contributed by atoms with van der Waals surface area (Å²) in [5.74, 6) is 1.36. The Morgan fingerprint density at radius 3 is 2.36 bits per heavy atom. The molecule has 1 aromatic heterocycles. The predicted octanol–water partition coefficient (Wildman–Crippen LogP) is 4.08. The van der Waals surface area contributed by atoms with Gasteiger partial charge in [-0.15, -0.1) is 0 Å². The first-order valence-corrected chi connectivity index (χ1v) is 6.66. The fourth-order valence-electron chi connectivity index (χ4n) is 1.91. The first-order chi connectivity index (χ1) is 10.8. The van der Waals surface area contributed by atoms with Crippen molar-refractivity contribution in [2.45, 2.75) is 0 Å². The van der Waals surface area contributed by atoms with Gasteiger partial charge >= 0.3 is 0 Å². The van der Waals surface area contributed by atoms with Gasteiger partial charge in [-0.2, -0.15) is 4.98 Å². The highest BCUT2D eigenvalue weighted by atomic mass is 19.1. The molecule has 0 aliphatic carbocycles. The molecule has 1 heterocycles. The lowest BCUT2D eigenvalue weighted by Crippen LogP contribution is -1.97. The van der Waals surface area contributed by atoms with Gasteiger partial charge in [-0.3, -0.25) is 0 Å². The molecule has 0 saturated heterocycles. The van der Waals surface area contributed by atoms with Crippen LogP contribution in [-0.2, 0) is 0 Å².